The van der Waals surface area contributed by atoms with Crippen LogP contribution in [0.25, 0.3) is 0 Å². The van der Waals surface area contributed by atoms with Gasteiger partial charge in [0.05, 0.1) is 7.11 Å². The Morgan fingerprint density at radius 2 is 1.95 bits per heavy atom. The van der Waals surface area contributed by atoms with Crippen LogP contribution in [0.5, 0.6) is 0 Å². The number of benzene rings is 1. The van der Waals surface area contributed by atoms with Crippen molar-refractivity contribution in [3.05, 3.63) is 35.9 Å². The second-order valence-electron chi connectivity index (χ2n) is 4.59. The van der Waals surface area contributed by atoms with E-state index in [0.717, 1.165) is 13.1 Å². The summed E-state index contributed by atoms with van der Waals surface area (Å²) < 4.78 is 4.73. The Labute approximate surface area is 119 Å². The van der Waals surface area contributed by atoms with Crippen molar-refractivity contribution < 1.29 is 14.3 Å². The summed E-state index contributed by atoms with van der Waals surface area (Å²) >= 11 is 0. The van der Waals surface area contributed by atoms with Gasteiger partial charge in [0.25, 0.3) is 0 Å². The van der Waals surface area contributed by atoms with E-state index in [-0.39, 0.29) is 5.91 Å². The van der Waals surface area contributed by atoms with Crippen LogP contribution in [-0.2, 0) is 20.9 Å². The number of hydrogen-bond acceptors (Lipinski definition) is 4. The summed E-state index contributed by atoms with van der Waals surface area (Å²) in [5.74, 6) is -0.664. The van der Waals surface area contributed by atoms with Crippen LogP contribution in [0.1, 0.15) is 19.4 Å². The molecule has 20 heavy (non-hydrogen) atoms. The highest BCUT2D eigenvalue weighted by atomic mass is 16.5. The summed E-state index contributed by atoms with van der Waals surface area (Å²) in [5.41, 5.74) is 1.17. The van der Waals surface area contributed by atoms with Crippen LogP contribution in [0.3, 0.4) is 0 Å². The summed E-state index contributed by atoms with van der Waals surface area (Å²) in [6.07, 6.45) is 0. The molecule has 1 amide bonds. The number of carbonyl (C=O) groups is 2. The van der Waals surface area contributed by atoms with Crippen molar-refractivity contribution in [2.45, 2.75) is 26.4 Å². The molecule has 0 radical (unpaired) electrons. The van der Waals surface area contributed by atoms with Gasteiger partial charge < -0.3 is 10.1 Å². The second kappa shape index (κ2) is 8.32. The fourth-order valence-electron chi connectivity index (χ4n) is 1.97. The number of ether oxygens (including phenoxy) is 1. The van der Waals surface area contributed by atoms with E-state index in [1.165, 1.54) is 19.6 Å². The van der Waals surface area contributed by atoms with Gasteiger partial charge in [0.15, 0.2) is 0 Å². The van der Waals surface area contributed by atoms with Gasteiger partial charge in [0, 0.05) is 20.0 Å². The van der Waals surface area contributed by atoms with Gasteiger partial charge in [-0.25, -0.2) is 4.79 Å². The zero-order valence-corrected chi connectivity index (χ0v) is 12.3. The predicted molar refractivity (Wildman–Crippen MR) is 77.0 cm³/mol. The molecule has 0 aliphatic rings. The fourth-order valence-corrected chi connectivity index (χ4v) is 1.97. The fraction of sp³-hybridized carbons (Fsp3) is 0.467. The first-order valence-corrected chi connectivity index (χ1v) is 6.68. The monoisotopic (exact) mass is 278 g/mol. The first-order chi connectivity index (χ1) is 9.56. The Morgan fingerprint density at radius 3 is 2.45 bits per heavy atom. The first-order valence-electron chi connectivity index (χ1n) is 6.68. The average molecular weight is 278 g/mol. The Morgan fingerprint density at radius 1 is 1.30 bits per heavy atom. The van der Waals surface area contributed by atoms with Crippen LogP contribution in [0.4, 0.5) is 0 Å². The summed E-state index contributed by atoms with van der Waals surface area (Å²) in [7, 11) is 1.32. The van der Waals surface area contributed by atoms with E-state index in [1.807, 2.05) is 37.3 Å². The quantitative estimate of drug-likeness (QED) is 0.761. The van der Waals surface area contributed by atoms with Gasteiger partial charge in [0.2, 0.25) is 5.91 Å². The van der Waals surface area contributed by atoms with Gasteiger partial charge >= 0.3 is 5.97 Å². The number of nitrogens with zero attached hydrogens (tertiary/aromatic N) is 1. The predicted octanol–water partition coefficient (Wildman–Crippen LogP) is 1.19. The molecule has 1 N–H and O–H groups in total. The zero-order chi connectivity index (χ0) is 15.0. The van der Waals surface area contributed by atoms with Crippen LogP contribution < -0.4 is 5.32 Å². The number of methoxy groups -OCH3 is 1. The third-order valence-corrected chi connectivity index (χ3v) is 3.00. The minimum absolute atomic E-state index is 0.240. The van der Waals surface area contributed by atoms with Crippen LogP contribution >= 0.6 is 0 Å². The summed E-state index contributed by atoms with van der Waals surface area (Å²) in [6, 6.07) is 9.36. The van der Waals surface area contributed by atoms with Crippen molar-refractivity contribution in [3.8, 4) is 0 Å². The highest BCUT2D eigenvalue weighted by molar-refractivity contribution is 5.83. The Hall–Kier alpha value is -1.88. The maximum absolute atomic E-state index is 11.7. The van der Waals surface area contributed by atoms with Crippen molar-refractivity contribution in [1.29, 1.82) is 0 Å². The molecule has 0 aromatic heterocycles. The van der Waals surface area contributed by atoms with Crippen LogP contribution in [0.15, 0.2) is 30.3 Å². The molecular formula is C15H22N2O3. The number of likely N-dealkylation sites (N-methyl/N-ethyl adjacent to an activating group) is 1. The lowest BCUT2D eigenvalue weighted by Crippen LogP contribution is -2.48. The Balaban J connectivity index is 2.68. The van der Waals surface area contributed by atoms with Crippen LogP contribution in [0.2, 0.25) is 0 Å². The molecule has 0 spiro atoms. The number of esters is 1. The number of amides is 1. The van der Waals surface area contributed by atoms with Crippen molar-refractivity contribution in [2.24, 2.45) is 0 Å². The molecule has 5 heteroatoms. The SMILES string of the molecule is CCN(Cc1ccccc1)CC(NC(C)=O)C(=O)OC. The van der Waals surface area contributed by atoms with E-state index in [4.69, 9.17) is 4.74 Å². The van der Waals surface area contributed by atoms with E-state index in [0.29, 0.717) is 6.54 Å². The maximum Gasteiger partial charge on any atom is 0.329 e. The molecule has 0 bridgehead atoms. The molecule has 110 valence electrons. The third kappa shape index (κ3) is 5.40. The van der Waals surface area contributed by atoms with E-state index in [2.05, 4.69) is 10.2 Å². The lowest BCUT2D eigenvalue weighted by atomic mass is 10.2. The van der Waals surface area contributed by atoms with Gasteiger partial charge in [-0.15, -0.1) is 0 Å². The molecule has 1 rings (SSSR count). The van der Waals surface area contributed by atoms with Crippen molar-refractivity contribution in [2.75, 3.05) is 20.2 Å². The molecule has 1 aromatic rings. The first kappa shape index (κ1) is 16.2. The molecule has 0 fully saturated rings. The van der Waals surface area contributed by atoms with Crippen molar-refractivity contribution >= 4 is 11.9 Å². The minimum atomic E-state index is -0.638. The second-order valence-corrected chi connectivity index (χ2v) is 4.59. The molecule has 0 saturated carbocycles. The molecule has 0 aliphatic carbocycles. The molecule has 0 aliphatic heterocycles. The normalized spacial score (nSPS) is 12.0. The topological polar surface area (TPSA) is 58.6 Å². The number of hydrogen-bond donors (Lipinski definition) is 1. The Kier molecular flexibility index (Phi) is 6.73. The zero-order valence-electron chi connectivity index (χ0n) is 12.3. The average Bonchev–Trinajstić information content (AvgIpc) is 2.45. The standard InChI is InChI=1S/C15H22N2O3/c1-4-17(10-13-8-6-5-7-9-13)11-14(15(19)20-3)16-12(2)18/h5-9,14H,4,10-11H2,1-3H3,(H,16,18). The summed E-state index contributed by atoms with van der Waals surface area (Å²) in [5, 5.41) is 2.63. The minimum Gasteiger partial charge on any atom is -0.467 e. The summed E-state index contributed by atoms with van der Waals surface area (Å²) in [6.45, 7) is 5.35. The molecule has 0 heterocycles. The smallest absolute Gasteiger partial charge is 0.329 e. The van der Waals surface area contributed by atoms with Gasteiger partial charge in [-0.05, 0) is 12.1 Å². The number of rotatable bonds is 7. The molecule has 0 saturated heterocycles. The molecule has 1 unspecified atom stereocenters. The van der Waals surface area contributed by atoms with Crippen LogP contribution in [0, 0.1) is 0 Å². The van der Waals surface area contributed by atoms with E-state index < -0.39 is 12.0 Å². The molecule has 5 nitrogen and oxygen atoms in total. The number of carbonyl (C=O) groups excluding carboxylic acids is 2. The third-order valence-electron chi connectivity index (χ3n) is 3.00. The number of nitrogens with one attached hydrogen (secondary N) is 1. The largest absolute Gasteiger partial charge is 0.467 e. The van der Waals surface area contributed by atoms with Gasteiger partial charge in [-0.3, -0.25) is 9.69 Å². The lowest BCUT2D eigenvalue weighted by molar-refractivity contribution is -0.145. The summed E-state index contributed by atoms with van der Waals surface area (Å²) in [4.78, 5) is 24.9. The van der Waals surface area contributed by atoms with E-state index in [1.54, 1.807) is 0 Å². The van der Waals surface area contributed by atoms with E-state index >= 15 is 0 Å². The van der Waals surface area contributed by atoms with Crippen molar-refractivity contribution in [1.82, 2.24) is 10.2 Å². The maximum atomic E-state index is 11.7. The van der Waals surface area contributed by atoms with Gasteiger partial charge in [0.1, 0.15) is 6.04 Å². The van der Waals surface area contributed by atoms with Gasteiger partial charge in [-0.2, -0.15) is 0 Å². The van der Waals surface area contributed by atoms with E-state index in [9.17, 15) is 9.59 Å². The highest BCUT2D eigenvalue weighted by Gasteiger charge is 2.22. The molecule has 1 aromatic carbocycles. The lowest BCUT2D eigenvalue weighted by Gasteiger charge is -2.25. The van der Waals surface area contributed by atoms with Crippen LogP contribution in [-0.4, -0.2) is 43.0 Å². The highest BCUT2D eigenvalue weighted by Crippen LogP contribution is 2.05. The van der Waals surface area contributed by atoms with Gasteiger partial charge in [-0.1, -0.05) is 37.3 Å². The van der Waals surface area contributed by atoms with Crippen molar-refractivity contribution in [3.63, 3.8) is 0 Å². The molecule has 1 atom stereocenters. The molecular weight excluding hydrogens is 256 g/mol. The Bertz CT molecular complexity index is 434.